The number of hydrogen-bond donors (Lipinski definition) is 2. The first-order valence-corrected chi connectivity index (χ1v) is 10.2. The third-order valence-electron chi connectivity index (χ3n) is 4.33. The van der Waals surface area contributed by atoms with Gasteiger partial charge >= 0.3 is 0 Å². The van der Waals surface area contributed by atoms with Crippen molar-refractivity contribution in [3.8, 4) is 0 Å². The van der Waals surface area contributed by atoms with Crippen molar-refractivity contribution in [2.24, 2.45) is 5.92 Å². The predicted molar refractivity (Wildman–Crippen MR) is 97.0 cm³/mol. The summed E-state index contributed by atoms with van der Waals surface area (Å²) in [6, 6.07) is 11.1. The van der Waals surface area contributed by atoms with Gasteiger partial charge in [0.25, 0.3) is 0 Å². The van der Waals surface area contributed by atoms with Crippen LogP contribution < -0.4 is 10.0 Å². The van der Waals surface area contributed by atoms with Crippen LogP contribution in [0.3, 0.4) is 0 Å². The number of nitrogens with one attached hydrogen (secondary N) is 2. The second-order valence-electron chi connectivity index (χ2n) is 6.05. The summed E-state index contributed by atoms with van der Waals surface area (Å²) in [7, 11) is -3.44. The van der Waals surface area contributed by atoms with Crippen LogP contribution in [-0.4, -0.2) is 28.1 Å². The van der Waals surface area contributed by atoms with Gasteiger partial charge in [-0.05, 0) is 73.3 Å². The van der Waals surface area contributed by atoms with Gasteiger partial charge < -0.3 is 5.32 Å². The summed E-state index contributed by atoms with van der Waals surface area (Å²) in [5, 5.41) is 5.30. The standard InChI is InChI=1S/C17H21BrN2O2S/c18-16-5-3-15-11-17(6-4-14(15)10-16)23(21,22)20-9-7-13-2-1-8-19-12-13/h3-6,10-11,13,19-20H,1-2,7-9,12H2. The van der Waals surface area contributed by atoms with Crippen molar-refractivity contribution < 1.29 is 8.42 Å². The molecule has 1 heterocycles. The van der Waals surface area contributed by atoms with Crippen molar-refractivity contribution in [3.63, 3.8) is 0 Å². The van der Waals surface area contributed by atoms with E-state index >= 15 is 0 Å². The Kier molecular flexibility index (Phi) is 5.36. The fourth-order valence-electron chi connectivity index (χ4n) is 3.01. The van der Waals surface area contributed by atoms with Crippen LogP contribution in [0, 0.1) is 5.92 Å². The lowest BCUT2D eigenvalue weighted by molar-refractivity contribution is 0.358. The molecule has 1 aliphatic rings. The van der Waals surface area contributed by atoms with Crippen molar-refractivity contribution in [3.05, 3.63) is 40.9 Å². The lowest BCUT2D eigenvalue weighted by atomic mass is 9.96. The average Bonchev–Trinajstić information content (AvgIpc) is 2.55. The highest BCUT2D eigenvalue weighted by Gasteiger charge is 2.17. The van der Waals surface area contributed by atoms with Crippen LogP contribution in [0.25, 0.3) is 10.8 Å². The quantitative estimate of drug-likeness (QED) is 0.814. The number of fused-ring (bicyclic) bond motifs is 1. The molecule has 124 valence electrons. The van der Waals surface area contributed by atoms with E-state index < -0.39 is 10.0 Å². The molecule has 1 aliphatic heterocycles. The van der Waals surface area contributed by atoms with Gasteiger partial charge in [0.2, 0.25) is 10.0 Å². The SMILES string of the molecule is O=S(=O)(NCCC1CCCNC1)c1ccc2cc(Br)ccc2c1. The monoisotopic (exact) mass is 396 g/mol. The molecule has 0 aromatic heterocycles. The minimum absolute atomic E-state index is 0.328. The molecule has 0 aliphatic carbocycles. The Morgan fingerprint density at radius 2 is 1.96 bits per heavy atom. The van der Waals surface area contributed by atoms with Gasteiger partial charge in [0.1, 0.15) is 0 Å². The molecule has 0 radical (unpaired) electrons. The zero-order valence-electron chi connectivity index (χ0n) is 12.9. The molecule has 23 heavy (non-hydrogen) atoms. The third-order valence-corrected chi connectivity index (χ3v) is 6.28. The van der Waals surface area contributed by atoms with E-state index in [4.69, 9.17) is 0 Å². The molecule has 1 atom stereocenters. The summed E-state index contributed by atoms with van der Waals surface area (Å²) in [4.78, 5) is 0.328. The minimum Gasteiger partial charge on any atom is -0.316 e. The molecule has 4 nitrogen and oxygen atoms in total. The average molecular weight is 397 g/mol. The van der Waals surface area contributed by atoms with E-state index in [9.17, 15) is 8.42 Å². The zero-order valence-corrected chi connectivity index (χ0v) is 15.3. The first-order valence-electron chi connectivity index (χ1n) is 7.94. The molecule has 0 amide bonds. The summed E-state index contributed by atoms with van der Waals surface area (Å²) in [5.41, 5.74) is 0. The van der Waals surface area contributed by atoms with E-state index in [0.717, 1.165) is 34.8 Å². The largest absolute Gasteiger partial charge is 0.316 e. The number of benzene rings is 2. The Morgan fingerprint density at radius 1 is 1.17 bits per heavy atom. The van der Waals surface area contributed by atoms with E-state index in [1.54, 1.807) is 12.1 Å². The van der Waals surface area contributed by atoms with Gasteiger partial charge in [0.05, 0.1) is 4.90 Å². The molecule has 0 saturated carbocycles. The summed E-state index contributed by atoms with van der Waals surface area (Å²) < 4.78 is 28.6. The van der Waals surface area contributed by atoms with E-state index in [-0.39, 0.29) is 0 Å². The Morgan fingerprint density at radius 3 is 2.74 bits per heavy atom. The fourth-order valence-corrected chi connectivity index (χ4v) is 4.47. The van der Waals surface area contributed by atoms with E-state index in [1.807, 2.05) is 24.3 Å². The Balaban J connectivity index is 1.67. The summed E-state index contributed by atoms with van der Waals surface area (Å²) in [6.45, 7) is 2.56. The van der Waals surface area contributed by atoms with Crippen LogP contribution in [0.15, 0.2) is 45.8 Å². The highest BCUT2D eigenvalue weighted by molar-refractivity contribution is 9.10. The van der Waals surface area contributed by atoms with E-state index in [2.05, 4.69) is 26.0 Å². The molecule has 2 N–H and O–H groups in total. The molecule has 3 rings (SSSR count). The van der Waals surface area contributed by atoms with Crippen LogP contribution in [0.5, 0.6) is 0 Å². The van der Waals surface area contributed by atoms with Crippen molar-refractivity contribution in [2.45, 2.75) is 24.2 Å². The molecule has 1 unspecified atom stereocenters. The van der Waals surface area contributed by atoms with Gasteiger partial charge in [0, 0.05) is 11.0 Å². The van der Waals surface area contributed by atoms with Crippen molar-refractivity contribution >= 4 is 36.7 Å². The maximum absolute atomic E-state index is 12.4. The molecule has 1 saturated heterocycles. The number of rotatable bonds is 5. The zero-order chi connectivity index (χ0) is 16.3. The maximum atomic E-state index is 12.4. The molecule has 2 aromatic carbocycles. The maximum Gasteiger partial charge on any atom is 0.240 e. The van der Waals surface area contributed by atoms with Crippen LogP contribution in [0.1, 0.15) is 19.3 Å². The first kappa shape index (κ1) is 16.9. The first-order chi connectivity index (χ1) is 11.0. The summed E-state index contributed by atoms with van der Waals surface area (Å²) >= 11 is 3.43. The Labute approximate surface area is 145 Å². The Bertz CT molecular complexity index is 786. The number of sulfonamides is 1. The highest BCUT2D eigenvalue weighted by Crippen LogP contribution is 2.23. The van der Waals surface area contributed by atoms with E-state index in [1.165, 1.54) is 12.8 Å². The molecule has 2 aromatic rings. The second-order valence-corrected chi connectivity index (χ2v) is 8.73. The topological polar surface area (TPSA) is 58.2 Å². The summed E-state index contributed by atoms with van der Waals surface area (Å²) in [6.07, 6.45) is 3.24. The third kappa shape index (κ3) is 4.32. The summed E-state index contributed by atoms with van der Waals surface area (Å²) in [5.74, 6) is 0.570. The number of piperidine rings is 1. The van der Waals surface area contributed by atoms with Gasteiger partial charge in [-0.2, -0.15) is 0 Å². The second kappa shape index (κ2) is 7.30. The predicted octanol–water partition coefficient (Wildman–Crippen LogP) is 3.27. The Hall–Kier alpha value is -0.950. The van der Waals surface area contributed by atoms with Crippen molar-refractivity contribution in [2.75, 3.05) is 19.6 Å². The molecule has 6 heteroatoms. The molecule has 0 bridgehead atoms. The van der Waals surface area contributed by atoms with E-state index in [0.29, 0.717) is 17.4 Å². The van der Waals surface area contributed by atoms with Gasteiger partial charge in [-0.25, -0.2) is 13.1 Å². The minimum atomic E-state index is -3.44. The molecular formula is C17H21BrN2O2S. The van der Waals surface area contributed by atoms with Crippen LogP contribution in [-0.2, 0) is 10.0 Å². The normalized spacial score (nSPS) is 19.1. The fraction of sp³-hybridized carbons (Fsp3) is 0.412. The van der Waals surface area contributed by atoms with Gasteiger partial charge in [-0.3, -0.25) is 0 Å². The number of hydrogen-bond acceptors (Lipinski definition) is 3. The molecular weight excluding hydrogens is 376 g/mol. The van der Waals surface area contributed by atoms with Gasteiger partial charge in [-0.1, -0.05) is 28.1 Å². The lowest BCUT2D eigenvalue weighted by Crippen LogP contribution is -2.33. The smallest absolute Gasteiger partial charge is 0.240 e. The number of halogens is 1. The van der Waals surface area contributed by atoms with Crippen LogP contribution in [0.4, 0.5) is 0 Å². The van der Waals surface area contributed by atoms with Crippen LogP contribution in [0.2, 0.25) is 0 Å². The van der Waals surface area contributed by atoms with Crippen LogP contribution >= 0.6 is 15.9 Å². The van der Waals surface area contributed by atoms with Gasteiger partial charge in [0.15, 0.2) is 0 Å². The lowest BCUT2D eigenvalue weighted by Gasteiger charge is -2.22. The molecule has 0 spiro atoms. The van der Waals surface area contributed by atoms with Gasteiger partial charge in [-0.15, -0.1) is 0 Å². The van der Waals surface area contributed by atoms with Crippen molar-refractivity contribution in [1.29, 1.82) is 0 Å². The highest BCUT2D eigenvalue weighted by atomic mass is 79.9. The van der Waals surface area contributed by atoms with Crippen molar-refractivity contribution in [1.82, 2.24) is 10.0 Å². The molecule has 1 fully saturated rings.